The van der Waals surface area contributed by atoms with Crippen molar-refractivity contribution in [1.29, 1.82) is 0 Å². The summed E-state index contributed by atoms with van der Waals surface area (Å²) in [6, 6.07) is 0.133. The Labute approximate surface area is 84.4 Å². The van der Waals surface area contributed by atoms with Crippen molar-refractivity contribution in [2.24, 2.45) is 5.73 Å². The molecule has 4 heteroatoms. The third-order valence-corrected chi connectivity index (χ3v) is 3.13. The molecule has 2 N–H and O–H groups in total. The van der Waals surface area contributed by atoms with E-state index in [0.29, 0.717) is 6.61 Å². The zero-order chi connectivity index (χ0) is 10.3. The molecule has 2 atom stereocenters. The van der Waals surface area contributed by atoms with Gasteiger partial charge in [0.05, 0.1) is 6.61 Å². The molecule has 0 bridgehead atoms. The Kier molecular flexibility index (Phi) is 7.09. The summed E-state index contributed by atoms with van der Waals surface area (Å²) in [5, 5.41) is -0.0500. The van der Waals surface area contributed by atoms with Crippen LogP contribution in [0.1, 0.15) is 27.2 Å². The average molecular weight is 205 g/mol. The second kappa shape index (κ2) is 7.21. The zero-order valence-corrected chi connectivity index (χ0v) is 9.39. The summed E-state index contributed by atoms with van der Waals surface area (Å²) >= 11 is 1.58. The molecule has 0 aliphatic heterocycles. The van der Waals surface area contributed by atoms with E-state index in [0.717, 1.165) is 12.2 Å². The lowest BCUT2D eigenvalue weighted by atomic mass is 10.3. The van der Waals surface area contributed by atoms with Crippen molar-refractivity contribution < 1.29 is 9.53 Å². The van der Waals surface area contributed by atoms with Crippen LogP contribution in [0.3, 0.4) is 0 Å². The van der Waals surface area contributed by atoms with Gasteiger partial charge in [0, 0.05) is 11.8 Å². The number of rotatable bonds is 6. The summed E-state index contributed by atoms with van der Waals surface area (Å²) in [5.41, 5.74) is 5.60. The van der Waals surface area contributed by atoms with Gasteiger partial charge >= 0.3 is 5.97 Å². The van der Waals surface area contributed by atoms with E-state index in [1.807, 2.05) is 20.8 Å². The highest BCUT2D eigenvalue weighted by Gasteiger charge is 2.18. The number of nitrogens with two attached hydrogens (primary N) is 1. The molecule has 0 aromatic heterocycles. The van der Waals surface area contributed by atoms with Crippen LogP contribution < -0.4 is 5.73 Å². The van der Waals surface area contributed by atoms with Gasteiger partial charge in [-0.15, -0.1) is 11.8 Å². The zero-order valence-electron chi connectivity index (χ0n) is 8.58. The Bertz CT molecular complexity index is 151. The monoisotopic (exact) mass is 205 g/mol. The Morgan fingerprint density at radius 2 is 2.15 bits per heavy atom. The van der Waals surface area contributed by atoms with Gasteiger partial charge in [-0.2, -0.15) is 0 Å². The van der Waals surface area contributed by atoms with Crippen molar-refractivity contribution in [2.75, 3.05) is 12.4 Å². The summed E-state index contributed by atoms with van der Waals surface area (Å²) in [5.74, 6) is 0.688. The van der Waals surface area contributed by atoms with Gasteiger partial charge in [0.1, 0.15) is 5.25 Å². The first kappa shape index (κ1) is 12.8. The minimum atomic E-state index is -0.115. The molecule has 0 rings (SSSR count). The van der Waals surface area contributed by atoms with Gasteiger partial charge in [-0.1, -0.05) is 6.92 Å². The molecule has 0 spiro atoms. The maximum atomic E-state index is 11.3. The highest BCUT2D eigenvalue weighted by molar-refractivity contribution is 8.00. The maximum absolute atomic E-state index is 11.3. The second-order valence-electron chi connectivity index (χ2n) is 2.96. The smallest absolute Gasteiger partial charge is 0.319 e. The highest BCUT2D eigenvalue weighted by Crippen LogP contribution is 2.16. The lowest BCUT2D eigenvalue weighted by Crippen LogP contribution is -2.24. The topological polar surface area (TPSA) is 52.3 Å². The quantitative estimate of drug-likeness (QED) is 0.666. The maximum Gasteiger partial charge on any atom is 0.319 e. The van der Waals surface area contributed by atoms with Crippen molar-refractivity contribution >= 4 is 17.7 Å². The van der Waals surface area contributed by atoms with Crippen molar-refractivity contribution in [1.82, 2.24) is 0 Å². The molecule has 0 amide bonds. The van der Waals surface area contributed by atoms with Crippen LogP contribution in [0.15, 0.2) is 0 Å². The predicted octanol–water partition coefficient (Wildman–Crippen LogP) is 1.41. The molecule has 0 aliphatic rings. The summed E-state index contributed by atoms with van der Waals surface area (Å²) in [7, 11) is 0. The van der Waals surface area contributed by atoms with E-state index in [9.17, 15) is 4.79 Å². The van der Waals surface area contributed by atoms with Crippen LogP contribution in [0.4, 0.5) is 0 Å². The molecule has 2 unspecified atom stereocenters. The fraction of sp³-hybridized carbons (Fsp3) is 0.889. The first-order valence-electron chi connectivity index (χ1n) is 4.65. The molecule has 0 saturated heterocycles. The molecular weight excluding hydrogens is 186 g/mol. The fourth-order valence-electron chi connectivity index (χ4n) is 0.856. The Hall–Kier alpha value is -0.220. The standard InChI is InChI=1S/C9H19NO2S/c1-4-8(9(11)12-5-2)13-6-7(3)10/h7-8H,4-6,10H2,1-3H3. The minimum Gasteiger partial charge on any atom is -0.465 e. The molecule has 3 nitrogen and oxygen atoms in total. The van der Waals surface area contributed by atoms with E-state index in [4.69, 9.17) is 10.5 Å². The van der Waals surface area contributed by atoms with E-state index in [1.165, 1.54) is 0 Å². The van der Waals surface area contributed by atoms with Crippen LogP contribution in [-0.4, -0.2) is 29.6 Å². The predicted molar refractivity (Wildman–Crippen MR) is 56.8 cm³/mol. The summed E-state index contributed by atoms with van der Waals surface area (Å²) in [4.78, 5) is 11.3. The van der Waals surface area contributed by atoms with Crippen LogP contribution in [0, 0.1) is 0 Å². The number of ether oxygens (including phenoxy) is 1. The van der Waals surface area contributed by atoms with Crippen molar-refractivity contribution in [2.45, 2.75) is 38.5 Å². The first-order valence-corrected chi connectivity index (χ1v) is 5.70. The third-order valence-electron chi connectivity index (χ3n) is 1.48. The van der Waals surface area contributed by atoms with E-state index in [-0.39, 0.29) is 17.3 Å². The number of hydrogen-bond acceptors (Lipinski definition) is 4. The molecule has 0 aromatic rings. The SMILES string of the molecule is CCOC(=O)C(CC)SCC(C)N. The second-order valence-corrected chi connectivity index (χ2v) is 4.20. The summed E-state index contributed by atoms with van der Waals surface area (Å²) in [6.07, 6.45) is 0.802. The molecule has 0 saturated carbocycles. The Morgan fingerprint density at radius 3 is 2.54 bits per heavy atom. The van der Waals surface area contributed by atoms with E-state index in [2.05, 4.69) is 0 Å². The molecular formula is C9H19NO2S. The van der Waals surface area contributed by atoms with Crippen LogP contribution in [0.25, 0.3) is 0 Å². The first-order chi connectivity index (χ1) is 6.11. The van der Waals surface area contributed by atoms with Gasteiger partial charge in [0.2, 0.25) is 0 Å². The van der Waals surface area contributed by atoms with Gasteiger partial charge in [0.15, 0.2) is 0 Å². The third kappa shape index (κ3) is 5.93. The Morgan fingerprint density at radius 1 is 1.54 bits per heavy atom. The van der Waals surface area contributed by atoms with Gasteiger partial charge in [-0.05, 0) is 20.3 Å². The molecule has 0 aliphatic carbocycles. The largest absolute Gasteiger partial charge is 0.465 e. The van der Waals surface area contributed by atoms with Gasteiger partial charge in [-0.3, -0.25) is 4.79 Å². The lowest BCUT2D eigenvalue weighted by molar-refractivity contribution is -0.142. The number of thioether (sulfide) groups is 1. The number of hydrogen-bond donors (Lipinski definition) is 1. The summed E-state index contributed by atoms with van der Waals surface area (Å²) in [6.45, 7) is 6.19. The molecule has 0 fully saturated rings. The number of esters is 1. The van der Waals surface area contributed by atoms with Crippen LogP contribution in [0.2, 0.25) is 0 Å². The number of carbonyl (C=O) groups excluding carboxylic acids is 1. The van der Waals surface area contributed by atoms with E-state index in [1.54, 1.807) is 11.8 Å². The van der Waals surface area contributed by atoms with Crippen molar-refractivity contribution in [3.05, 3.63) is 0 Å². The van der Waals surface area contributed by atoms with Crippen molar-refractivity contribution in [3.63, 3.8) is 0 Å². The summed E-state index contributed by atoms with van der Waals surface area (Å²) < 4.78 is 4.93. The van der Waals surface area contributed by atoms with Gasteiger partial charge in [0.25, 0.3) is 0 Å². The average Bonchev–Trinajstić information content (AvgIpc) is 2.05. The van der Waals surface area contributed by atoms with Gasteiger partial charge in [-0.25, -0.2) is 0 Å². The number of carbonyl (C=O) groups is 1. The highest BCUT2D eigenvalue weighted by atomic mass is 32.2. The van der Waals surface area contributed by atoms with Crippen LogP contribution in [-0.2, 0) is 9.53 Å². The van der Waals surface area contributed by atoms with Crippen LogP contribution >= 0.6 is 11.8 Å². The van der Waals surface area contributed by atoms with E-state index >= 15 is 0 Å². The molecule has 0 aromatic carbocycles. The molecule has 0 radical (unpaired) electrons. The molecule has 0 heterocycles. The molecule has 78 valence electrons. The fourth-order valence-corrected chi connectivity index (χ4v) is 1.83. The van der Waals surface area contributed by atoms with E-state index < -0.39 is 0 Å². The van der Waals surface area contributed by atoms with Crippen molar-refractivity contribution in [3.8, 4) is 0 Å². The lowest BCUT2D eigenvalue weighted by Gasteiger charge is -2.14. The Balaban J connectivity index is 3.80. The normalized spacial score (nSPS) is 15.1. The van der Waals surface area contributed by atoms with Gasteiger partial charge < -0.3 is 10.5 Å². The van der Waals surface area contributed by atoms with Crippen LogP contribution in [0.5, 0.6) is 0 Å². The molecule has 13 heavy (non-hydrogen) atoms. The minimum absolute atomic E-state index is 0.0500.